The van der Waals surface area contributed by atoms with Crippen LogP contribution in [0.3, 0.4) is 0 Å². The molecule has 1 saturated carbocycles. The fourth-order valence-corrected chi connectivity index (χ4v) is 6.13. The van der Waals surface area contributed by atoms with Crippen LogP contribution in [0.15, 0.2) is 48.7 Å². The quantitative estimate of drug-likeness (QED) is 0.455. The molecule has 1 aliphatic carbocycles. The molecule has 1 aromatic carbocycles. The Balaban J connectivity index is 1.66. The number of rotatable bonds is 4. The molecule has 1 aliphatic heterocycles. The van der Waals surface area contributed by atoms with Gasteiger partial charge in [-0.25, -0.2) is 0 Å². The van der Waals surface area contributed by atoms with Crippen molar-refractivity contribution in [3.63, 3.8) is 0 Å². The van der Waals surface area contributed by atoms with E-state index in [-0.39, 0.29) is 12.1 Å². The van der Waals surface area contributed by atoms with E-state index >= 15 is 0 Å². The van der Waals surface area contributed by atoms with E-state index in [1.54, 1.807) is 0 Å². The van der Waals surface area contributed by atoms with Gasteiger partial charge in [-0.15, -0.1) is 0 Å². The average molecular weight is 465 g/mol. The van der Waals surface area contributed by atoms with Crippen molar-refractivity contribution in [2.75, 3.05) is 0 Å². The van der Waals surface area contributed by atoms with Crippen LogP contribution in [-0.2, 0) is 0 Å². The second-order valence-electron chi connectivity index (χ2n) is 9.02. The van der Waals surface area contributed by atoms with Crippen LogP contribution in [0.5, 0.6) is 0 Å². The number of halogens is 1. The van der Waals surface area contributed by atoms with Gasteiger partial charge in [-0.1, -0.05) is 36.6 Å². The lowest BCUT2D eigenvalue weighted by atomic mass is 9.95. The summed E-state index contributed by atoms with van der Waals surface area (Å²) in [5, 5.41) is 5.27. The van der Waals surface area contributed by atoms with Crippen LogP contribution >= 0.6 is 23.8 Å². The SMILES string of the molecule is Cc1c(Cl)cccc1-n1c(C)cc([C@H]2[C@@H](c3ccccn3)NC(=S)N2C2CCCC2)c1C. The first kappa shape index (κ1) is 21.5. The van der Waals surface area contributed by atoms with Crippen molar-refractivity contribution in [2.24, 2.45) is 0 Å². The van der Waals surface area contributed by atoms with Gasteiger partial charge in [0.1, 0.15) is 0 Å². The molecule has 3 aromatic rings. The molecule has 0 unspecified atom stereocenters. The van der Waals surface area contributed by atoms with Crippen molar-refractivity contribution in [3.8, 4) is 5.69 Å². The summed E-state index contributed by atoms with van der Waals surface area (Å²) in [4.78, 5) is 7.17. The predicted molar refractivity (Wildman–Crippen MR) is 135 cm³/mol. The maximum Gasteiger partial charge on any atom is 0.170 e. The van der Waals surface area contributed by atoms with E-state index < -0.39 is 0 Å². The van der Waals surface area contributed by atoms with Crippen LogP contribution in [0.1, 0.15) is 66.0 Å². The molecule has 166 valence electrons. The van der Waals surface area contributed by atoms with E-state index in [9.17, 15) is 0 Å². The van der Waals surface area contributed by atoms with Gasteiger partial charge in [0.2, 0.25) is 0 Å². The van der Waals surface area contributed by atoms with Gasteiger partial charge in [0.25, 0.3) is 0 Å². The number of aryl methyl sites for hydroxylation is 1. The normalized spacial score (nSPS) is 21.4. The molecule has 3 heterocycles. The third-order valence-corrected chi connectivity index (χ3v) is 7.86. The van der Waals surface area contributed by atoms with Crippen LogP contribution in [0.25, 0.3) is 5.69 Å². The Bertz CT molecular complexity index is 1150. The topological polar surface area (TPSA) is 33.1 Å². The van der Waals surface area contributed by atoms with Crippen LogP contribution in [-0.4, -0.2) is 25.6 Å². The average Bonchev–Trinajstić information content (AvgIpc) is 3.49. The Morgan fingerprint density at radius 1 is 1.06 bits per heavy atom. The van der Waals surface area contributed by atoms with Gasteiger partial charge in [-0.3, -0.25) is 4.98 Å². The fourth-order valence-electron chi connectivity index (χ4n) is 5.57. The Labute approximate surface area is 200 Å². The molecule has 1 saturated heterocycles. The largest absolute Gasteiger partial charge is 0.352 e. The van der Waals surface area contributed by atoms with Crippen molar-refractivity contribution in [1.82, 2.24) is 19.8 Å². The highest BCUT2D eigenvalue weighted by Crippen LogP contribution is 2.45. The zero-order chi connectivity index (χ0) is 22.4. The summed E-state index contributed by atoms with van der Waals surface area (Å²) in [6, 6.07) is 15.2. The molecule has 2 fully saturated rings. The number of nitrogens with zero attached hydrogens (tertiary/aromatic N) is 3. The second-order valence-corrected chi connectivity index (χ2v) is 9.81. The third kappa shape index (κ3) is 3.52. The highest BCUT2D eigenvalue weighted by atomic mass is 35.5. The van der Waals surface area contributed by atoms with E-state index in [1.807, 2.05) is 24.4 Å². The molecular formula is C26H29ClN4S. The molecule has 6 heteroatoms. The molecule has 5 rings (SSSR count). The maximum atomic E-state index is 6.48. The standard InChI is InChI=1S/C26H29ClN4S/c1-16-15-20(18(3)30(16)23-13-8-11-21(27)17(23)2)25-24(22-12-6-7-14-28-22)29-26(32)31(25)19-9-4-5-10-19/h6-8,11-15,19,24-25H,4-5,9-10H2,1-3H3,(H,29,32)/t24-,25+/m1/s1. The first-order chi connectivity index (χ1) is 15.5. The molecule has 0 radical (unpaired) electrons. The summed E-state index contributed by atoms with van der Waals surface area (Å²) in [7, 11) is 0. The fraction of sp³-hybridized carbons (Fsp3) is 0.385. The molecule has 0 amide bonds. The summed E-state index contributed by atoms with van der Waals surface area (Å²) in [5.74, 6) is 0. The van der Waals surface area contributed by atoms with Crippen molar-refractivity contribution in [1.29, 1.82) is 0 Å². The van der Waals surface area contributed by atoms with E-state index in [1.165, 1.54) is 42.6 Å². The molecule has 0 spiro atoms. The minimum Gasteiger partial charge on any atom is -0.352 e. The highest BCUT2D eigenvalue weighted by Gasteiger charge is 2.44. The molecule has 2 aliphatic rings. The van der Waals surface area contributed by atoms with Crippen LogP contribution in [0.4, 0.5) is 0 Å². The molecule has 4 nitrogen and oxygen atoms in total. The number of hydrogen-bond donors (Lipinski definition) is 1. The van der Waals surface area contributed by atoms with Crippen molar-refractivity contribution < 1.29 is 0 Å². The number of thiocarbonyl (C=S) groups is 1. The summed E-state index contributed by atoms with van der Waals surface area (Å²) in [6.07, 6.45) is 6.80. The lowest BCUT2D eigenvalue weighted by Crippen LogP contribution is -2.37. The van der Waals surface area contributed by atoms with Crippen molar-refractivity contribution in [3.05, 3.63) is 81.9 Å². The first-order valence-corrected chi connectivity index (χ1v) is 12.2. The lowest BCUT2D eigenvalue weighted by Gasteiger charge is -2.33. The minimum atomic E-state index is 0.0266. The molecular weight excluding hydrogens is 436 g/mol. The van der Waals surface area contributed by atoms with Gasteiger partial charge in [-0.05, 0) is 87.3 Å². The first-order valence-electron chi connectivity index (χ1n) is 11.4. The molecule has 2 atom stereocenters. The zero-order valence-electron chi connectivity index (χ0n) is 18.8. The zero-order valence-corrected chi connectivity index (χ0v) is 20.4. The van der Waals surface area contributed by atoms with E-state index in [4.69, 9.17) is 28.8 Å². The maximum absolute atomic E-state index is 6.48. The predicted octanol–water partition coefficient (Wildman–Crippen LogP) is 6.37. The van der Waals surface area contributed by atoms with E-state index in [2.05, 4.69) is 59.8 Å². The molecule has 1 N–H and O–H groups in total. The van der Waals surface area contributed by atoms with Crippen LogP contribution < -0.4 is 5.32 Å². The van der Waals surface area contributed by atoms with Gasteiger partial charge in [0.05, 0.1) is 17.8 Å². The van der Waals surface area contributed by atoms with Crippen molar-refractivity contribution >= 4 is 28.9 Å². The Morgan fingerprint density at radius 3 is 2.56 bits per heavy atom. The van der Waals surface area contributed by atoms with Gasteiger partial charge in [-0.2, -0.15) is 0 Å². The molecule has 32 heavy (non-hydrogen) atoms. The summed E-state index contributed by atoms with van der Waals surface area (Å²) in [6.45, 7) is 6.48. The smallest absolute Gasteiger partial charge is 0.170 e. The Morgan fingerprint density at radius 2 is 1.84 bits per heavy atom. The minimum absolute atomic E-state index is 0.0266. The number of aromatic nitrogens is 2. The molecule has 0 bridgehead atoms. The second kappa shape index (κ2) is 8.53. The van der Waals surface area contributed by atoms with Gasteiger partial charge in [0, 0.05) is 34.3 Å². The Hall–Kier alpha value is -2.37. The summed E-state index contributed by atoms with van der Waals surface area (Å²) >= 11 is 12.4. The Kier molecular flexibility index (Phi) is 5.72. The highest BCUT2D eigenvalue weighted by molar-refractivity contribution is 7.80. The number of pyridine rings is 1. The summed E-state index contributed by atoms with van der Waals surface area (Å²) in [5.41, 5.74) is 6.99. The number of hydrogen-bond acceptors (Lipinski definition) is 2. The molecule has 2 aromatic heterocycles. The van der Waals surface area contributed by atoms with E-state index in [0.29, 0.717) is 6.04 Å². The third-order valence-electron chi connectivity index (χ3n) is 7.12. The summed E-state index contributed by atoms with van der Waals surface area (Å²) < 4.78 is 2.33. The van der Waals surface area contributed by atoms with Gasteiger partial charge >= 0.3 is 0 Å². The van der Waals surface area contributed by atoms with Gasteiger partial charge < -0.3 is 14.8 Å². The van der Waals surface area contributed by atoms with Crippen molar-refractivity contribution in [2.45, 2.75) is 64.6 Å². The van der Waals surface area contributed by atoms with Crippen LogP contribution in [0.2, 0.25) is 5.02 Å². The number of benzene rings is 1. The lowest BCUT2D eigenvalue weighted by molar-refractivity contribution is 0.245. The van der Waals surface area contributed by atoms with Gasteiger partial charge in [0.15, 0.2) is 5.11 Å². The number of nitrogens with one attached hydrogen (secondary N) is 1. The van der Waals surface area contributed by atoms with E-state index in [0.717, 1.165) is 27.1 Å². The monoisotopic (exact) mass is 464 g/mol. The van der Waals surface area contributed by atoms with Crippen LogP contribution in [0, 0.1) is 20.8 Å².